The first-order valence-electron chi connectivity index (χ1n) is 10.7. The number of para-hydroxylation sites is 1. The quantitative estimate of drug-likeness (QED) is 0.408. The summed E-state index contributed by atoms with van der Waals surface area (Å²) in [5.74, 6) is 0.728. The van der Waals surface area contributed by atoms with Gasteiger partial charge >= 0.3 is 0 Å². The predicted molar refractivity (Wildman–Crippen MR) is 129 cm³/mol. The van der Waals surface area contributed by atoms with E-state index in [-0.39, 0.29) is 11.7 Å². The van der Waals surface area contributed by atoms with Crippen molar-refractivity contribution in [2.45, 2.75) is 45.7 Å². The molecule has 0 radical (unpaired) electrons. The van der Waals surface area contributed by atoms with E-state index >= 15 is 0 Å². The number of rotatable bonds is 7. The molecule has 2 aromatic heterocycles. The highest BCUT2D eigenvalue weighted by Crippen LogP contribution is 2.22. The molecule has 32 heavy (non-hydrogen) atoms. The maximum Gasteiger partial charge on any atom is 0.253 e. The van der Waals surface area contributed by atoms with E-state index in [0.717, 1.165) is 41.0 Å². The average Bonchev–Trinajstić information content (AvgIpc) is 3.20. The standard InChI is InChI=1S/C25H27N5OS/c1-5-20-8-6-7-9-22(20)27-23(31)15-32-25-28-24-26-17(3)21(18(4)30(24)29-25)14-19-12-10-16(2)11-13-19/h6-13H,5,14-15H2,1-4H3,(H,27,31). The molecule has 0 saturated heterocycles. The van der Waals surface area contributed by atoms with Crippen molar-refractivity contribution in [3.05, 3.63) is 82.2 Å². The van der Waals surface area contributed by atoms with Crippen LogP contribution in [-0.2, 0) is 17.6 Å². The van der Waals surface area contributed by atoms with Crippen LogP contribution < -0.4 is 5.32 Å². The number of hydrogen-bond donors (Lipinski definition) is 1. The number of nitrogens with one attached hydrogen (secondary N) is 1. The van der Waals surface area contributed by atoms with Gasteiger partial charge in [-0.1, -0.05) is 66.7 Å². The van der Waals surface area contributed by atoms with Crippen molar-refractivity contribution in [3.8, 4) is 0 Å². The zero-order valence-electron chi connectivity index (χ0n) is 18.8. The molecule has 0 spiro atoms. The van der Waals surface area contributed by atoms with Gasteiger partial charge in [0, 0.05) is 23.5 Å². The third kappa shape index (κ3) is 4.83. The lowest BCUT2D eigenvalue weighted by atomic mass is 10.0. The van der Waals surface area contributed by atoms with E-state index in [0.29, 0.717) is 10.9 Å². The van der Waals surface area contributed by atoms with Gasteiger partial charge in [0.15, 0.2) is 0 Å². The summed E-state index contributed by atoms with van der Waals surface area (Å²) < 4.78 is 1.78. The number of aryl methyl sites for hydroxylation is 4. The lowest BCUT2D eigenvalue weighted by Crippen LogP contribution is -2.15. The fourth-order valence-electron chi connectivity index (χ4n) is 3.68. The van der Waals surface area contributed by atoms with Crippen LogP contribution in [0.25, 0.3) is 5.78 Å². The Bertz CT molecular complexity index is 1260. The molecule has 0 aliphatic rings. The van der Waals surface area contributed by atoms with Crippen molar-refractivity contribution >= 4 is 29.1 Å². The van der Waals surface area contributed by atoms with E-state index in [4.69, 9.17) is 0 Å². The first-order valence-corrected chi connectivity index (χ1v) is 11.7. The zero-order valence-corrected chi connectivity index (χ0v) is 19.7. The molecule has 0 aliphatic heterocycles. The fraction of sp³-hybridized carbons (Fsp3) is 0.280. The molecule has 2 heterocycles. The molecule has 1 amide bonds. The van der Waals surface area contributed by atoms with Crippen LogP contribution in [0.2, 0.25) is 0 Å². The summed E-state index contributed by atoms with van der Waals surface area (Å²) in [7, 11) is 0. The van der Waals surface area contributed by atoms with Crippen molar-refractivity contribution in [2.75, 3.05) is 11.1 Å². The number of aromatic nitrogens is 4. The second-order valence-corrected chi connectivity index (χ2v) is 8.82. The number of carbonyl (C=O) groups is 1. The van der Waals surface area contributed by atoms with E-state index in [1.165, 1.54) is 22.9 Å². The minimum Gasteiger partial charge on any atom is -0.325 e. The molecular formula is C25H27N5OS. The van der Waals surface area contributed by atoms with Crippen LogP contribution in [0.3, 0.4) is 0 Å². The molecule has 6 nitrogen and oxygen atoms in total. The second-order valence-electron chi connectivity index (χ2n) is 7.88. The SMILES string of the molecule is CCc1ccccc1NC(=O)CSc1nc2nc(C)c(Cc3ccc(C)cc3)c(C)n2n1. The molecule has 0 bridgehead atoms. The zero-order chi connectivity index (χ0) is 22.7. The summed E-state index contributed by atoms with van der Waals surface area (Å²) >= 11 is 1.32. The largest absolute Gasteiger partial charge is 0.325 e. The van der Waals surface area contributed by atoms with Gasteiger partial charge in [-0.05, 0) is 49.9 Å². The summed E-state index contributed by atoms with van der Waals surface area (Å²) in [5.41, 5.74) is 7.59. The van der Waals surface area contributed by atoms with Crippen molar-refractivity contribution in [1.82, 2.24) is 19.6 Å². The van der Waals surface area contributed by atoms with Gasteiger partial charge in [0.2, 0.25) is 11.1 Å². The average molecular weight is 446 g/mol. The highest BCUT2D eigenvalue weighted by atomic mass is 32.2. The Labute approximate surface area is 192 Å². The van der Waals surface area contributed by atoms with Crippen LogP contribution in [0.4, 0.5) is 5.69 Å². The van der Waals surface area contributed by atoms with Gasteiger partial charge in [-0.3, -0.25) is 4.79 Å². The van der Waals surface area contributed by atoms with Crippen LogP contribution in [0.5, 0.6) is 0 Å². The maximum atomic E-state index is 12.5. The van der Waals surface area contributed by atoms with Crippen LogP contribution in [0, 0.1) is 20.8 Å². The second kappa shape index (κ2) is 9.53. The van der Waals surface area contributed by atoms with Crippen molar-refractivity contribution in [2.24, 2.45) is 0 Å². The van der Waals surface area contributed by atoms with Gasteiger partial charge in [0.05, 0.1) is 5.75 Å². The van der Waals surface area contributed by atoms with E-state index in [1.807, 2.05) is 38.1 Å². The molecule has 0 fully saturated rings. The van der Waals surface area contributed by atoms with Crippen molar-refractivity contribution < 1.29 is 4.79 Å². The van der Waals surface area contributed by atoms with Crippen LogP contribution >= 0.6 is 11.8 Å². The molecule has 0 aliphatic carbocycles. The Morgan fingerprint density at radius 2 is 1.78 bits per heavy atom. The van der Waals surface area contributed by atoms with Gasteiger partial charge in [-0.2, -0.15) is 4.98 Å². The number of nitrogens with zero attached hydrogens (tertiary/aromatic N) is 4. The Morgan fingerprint density at radius 3 is 2.53 bits per heavy atom. The fourth-order valence-corrected chi connectivity index (χ4v) is 4.30. The number of carbonyl (C=O) groups excluding carboxylic acids is 1. The van der Waals surface area contributed by atoms with Gasteiger partial charge in [0.25, 0.3) is 5.78 Å². The summed E-state index contributed by atoms with van der Waals surface area (Å²) in [6.07, 6.45) is 1.66. The van der Waals surface area contributed by atoms with Crippen LogP contribution in [0.15, 0.2) is 53.7 Å². The van der Waals surface area contributed by atoms with Crippen molar-refractivity contribution in [3.63, 3.8) is 0 Å². The number of amides is 1. The van der Waals surface area contributed by atoms with Gasteiger partial charge < -0.3 is 5.32 Å². The number of anilines is 1. The first kappa shape index (κ1) is 22.0. The van der Waals surface area contributed by atoms with Crippen LogP contribution in [-0.4, -0.2) is 31.2 Å². The molecule has 164 valence electrons. The summed E-state index contributed by atoms with van der Waals surface area (Å²) in [6.45, 7) is 8.22. The molecule has 4 aromatic rings. The van der Waals surface area contributed by atoms with E-state index in [2.05, 4.69) is 58.5 Å². The normalized spacial score (nSPS) is 11.1. The van der Waals surface area contributed by atoms with Gasteiger partial charge in [-0.15, -0.1) is 5.10 Å². The molecule has 2 aromatic carbocycles. The number of benzene rings is 2. The summed E-state index contributed by atoms with van der Waals surface area (Å²) in [6, 6.07) is 16.4. The maximum absolute atomic E-state index is 12.5. The number of fused-ring (bicyclic) bond motifs is 1. The first-order chi connectivity index (χ1) is 15.4. The third-order valence-corrected chi connectivity index (χ3v) is 6.37. The van der Waals surface area contributed by atoms with Crippen molar-refractivity contribution in [1.29, 1.82) is 0 Å². The monoisotopic (exact) mass is 445 g/mol. The van der Waals surface area contributed by atoms with Gasteiger partial charge in [0.1, 0.15) is 0 Å². The molecular weight excluding hydrogens is 418 g/mol. The third-order valence-electron chi connectivity index (χ3n) is 5.54. The van der Waals surface area contributed by atoms with Gasteiger partial charge in [-0.25, -0.2) is 9.50 Å². The highest BCUT2D eigenvalue weighted by Gasteiger charge is 2.15. The number of thioether (sulfide) groups is 1. The molecule has 0 unspecified atom stereocenters. The van der Waals surface area contributed by atoms with E-state index in [1.54, 1.807) is 4.52 Å². The summed E-state index contributed by atoms with van der Waals surface area (Å²) in [4.78, 5) is 21.7. The topological polar surface area (TPSA) is 72.2 Å². The lowest BCUT2D eigenvalue weighted by molar-refractivity contribution is -0.113. The summed E-state index contributed by atoms with van der Waals surface area (Å²) in [5, 5.41) is 8.14. The smallest absolute Gasteiger partial charge is 0.253 e. The Hall–Kier alpha value is -3.19. The Kier molecular flexibility index (Phi) is 6.55. The minimum atomic E-state index is -0.0734. The van der Waals surface area contributed by atoms with E-state index < -0.39 is 0 Å². The molecule has 0 saturated carbocycles. The highest BCUT2D eigenvalue weighted by molar-refractivity contribution is 7.99. The Balaban J connectivity index is 1.49. The molecule has 7 heteroatoms. The predicted octanol–water partition coefficient (Wildman–Crippen LogP) is 4.93. The van der Waals surface area contributed by atoms with E-state index in [9.17, 15) is 4.79 Å². The molecule has 1 N–H and O–H groups in total. The number of hydrogen-bond acceptors (Lipinski definition) is 5. The molecule has 4 rings (SSSR count). The lowest BCUT2D eigenvalue weighted by Gasteiger charge is -2.10. The molecule has 0 atom stereocenters. The Morgan fingerprint density at radius 1 is 1.03 bits per heavy atom. The minimum absolute atomic E-state index is 0.0734. The van der Waals surface area contributed by atoms with Crippen LogP contribution in [0.1, 0.15) is 40.6 Å².